The van der Waals surface area contributed by atoms with Crippen LogP contribution in [0.2, 0.25) is 5.02 Å². The number of nitro benzene ring substituents is 1. The van der Waals surface area contributed by atoms with Crippen molar-refractivity contribution in [2.75, 3.05) is 26.7 Å². The number of carbonyl (C=O) groups excluding carboxylic acids is 1. The molecule has 0 aromatic heterocycles. The number of nitro groups is 1. The van der Waals surface area contributed by atoms with Crippen molar-refractivity contribution in [2.24, 2.45) is 0 Å². The molecule has 1 unspecified atom stereocenters. The Morgan fingerprint density at radius 1 is 1.33 bits per heavy atom. The van der Waals surface area contributed by atoms with Crippen molar-refractivity contribution in [3.8, 4) is 5.75 Å². The predicted octanol–water partition coefficient (Wildman–Crippen LogP) is 3.47. The summed E-state index contributed by atoms with van der Waals surface area (Å²) in [4.78, 5) is 25.3. The number of amides is 1. The van der Waals surface area contributed by atoms with Gasteiger partial charge >= 0.3 is 5.69 Å². The summed E-state index contributed by atoms with van der Waals surface area (Å²) in [5, 5.41) is 14.9. The number of hydrogen-bond donors (Lipinski definition) is 1. The number of rotatable bonds is 4. The molecule has 1 saturated heterocycles. The number of halogens is 2. The van der Waals surface area contributed by atoms with Crippen LogP contribution < -0.4 is 10.1 Å². The number of nitrogens with zero attached hydrogens (tertiary/aromatic N) is 2. The van der Waals surface area contributed by atoms with Crippen molar-refractivity contribution in [3.63, 3.8) is 0 Å². The van der Waals surface area contributed by atoms with Gasteiger partial charge in [0.2, 0.25) is 0 Å². The molecule has 1 aliphatic rings. The Morgan fingerprint density at radius 2 is 2.11 bits per heavy atom. The quantitative estimate of drug-likeness (QED) is 0.614. The van der Waals surface area contributed by atoms with Crippen molar-refractivity contribution in [3.05, 3.63) is 68.7 Å². The second kappa shape index (κ2) is 9.03. The fourth-order valence-corrected chi connectivity index (χ4v) is 3.29. The third-order valence-electron chi connectivity index (χ3n) is 4.36. The summed E-state index contributed by atoms with van der Waals surface area (Å²) >= 11 is 6.09. The molecule has 0 bridgehead atoms. The first-order chi connectivity index (χ1) is 12.5. The van der Waals surface area contributed by atoms with Crippen LogP contribution in [0.3, 0.4) is 0 Å². The summed E-state index contributed by atoms with van der Waals surface area (Å²) in [5.41, 5.74) is 1.11. The monoisotopic (exact) mass is 411 g/mol. The molecule has 144 valence electrons. The van der Waals surface area contributed by atoms with Crippen molar-refractivity contribution in [1.29, 1.82) is 0 Å². The van der Waals surface area contributed by atoms with Gasteiger partial charge in [-0.2, -0.15) is 0 Å². The van der Waals surface area contributed by atoms with Crippen LogP contribution in [0.1, 0.15) is 22.0 Å². The van der Waals surface area contributed by atoms with Gasteiger partial charge in [-0.25, -0.2) is 0 Å². The highest BCUT2D eigenvalue weighted by molar-refractivity contribution is 6.30. The second-order valence-corrected chi connectivity index (χ2v) is 6.35. The summed E-state index contributed by atoms with van der Waals surface area (Å²) in [6.45, 7) is 1.80. The van der Waals surface area contributed by atoms with Crippen LogP contribution in [0, 0.1) is 10.1 Å². The lowest BCUT2D eigenvalue weighted by Crippen LogP contribution is -2.48. The normalized spacial score (nSPS) is 16.4. The smallest absolute Gasteiger partial charge is 0.310 e. The van der Waals surface area contributed by atoms with Gasteiger partial charge in [-0.15, -0.1) is 12.4 Å². The Bertz CT molecular complexity index is 847. The Morgan fingerprint density at radius 3 is 2.78 bits per heavy atom. The van der Waals surface area contributed by atoms with Gasteiger partial charge in [0.15, 0.2) is 5.75 Å². The lowest BCUT2D eigenvalue weighted by atomic mass is 10.0. The van der Waals surface area contributed by atoms with E-state index < -0.39 is 4.92 Å². The fraction of sp³-hybridized carbons (Fsp3) is 0.278. The fourth-order valence-electron chi connectivity index (χ4n) is 3.09. The Labute approximate surface area is 167 Å². The minimum atomic E-state index is -0.535. The van der Waals surface area contributed by atoms with E-state index in [2.05, 4.69) is 5.32 Å². The van der Waals surface area contributed by atoms with Gasteiger partial charge in [-0.3, -0.25) is 14.9 Å². The maximum atomic E-state index is 13.1. The molecule has 2 aromatic carbocycles. The van der Waals surface area contributed by atoms with Crippen molar-refractivity contribution >= 4 is 35.6 Å². The summed E-state index contributed by atoms with van der Waals surface area (Å²) in [6.07, 6.45) is 0. The van der Waals surface area contributed by atoms with Gasteiger partial charge in [0.25, 0.3) is 5.91 Å². The molecule has 7 nitrogen and oxygen atoms in total. The number of nitrogens with one attached hydrogen (secondary N) is 1. The Hall–Kier alpha value is -2.35. The molecule has 1 aliphatic heterocycles. The minimum absolute atomic E-state index is 0. The van der Waals surface area contributed by atoms with E-state index in [4.69, 9.17) is 16.3 Å². The van der Waals surface area contributed by atoms with Crippen LogP contribution in [-0.2, 0) is 0 Å². The molecule has 1 atom stereocenters. The molecule has 2 aromatic rings. The van der Waals surface area contributed by atoms with E-state index in [-0.39, 0.29) is 35.8 Å². The highest BCUT2D eigenvalue weighted by Crippen LogP contribution is 2.30. The van der Waals surface area contributed by atoms with Crippen molar-refractivity contribution in [2.45, 2.75) is 6.04 Å². The van der Waals surface area contributed by atoms with Crippen molar-refractivity contribution in [1.82, 2.24) is 10.2 Å². The average Bonchev–Trinajstić information content (AvgIpc) is 2.66. The first-order valence-electron chi connectivity index (χ1n) is 8.11. The average molecular weight is 412 g/mol. The molecule has 0 spiro atoms. The predicted molar refractivity (Wildman–Crippen MR) is 105 cm³/mol. The van der Waals surface area contributed by atoms with Gasteiger partial charge in [-0.05, 0) is 23.8 Å². The van der Waals surface area contributed by atoms with Gasteiger partial charge < -0.3 is 15.0 Å². The summed E-state index contributed by atoms with van der Waals surface area (Å²) in [5.74, 6) is -0.139. The number of carbonyl (C=O) groups is 1. The number of benzene rings is 2. The van der Waals surface area contributed by atoms with E-state index in [0.717, 1.165) is 5.56 Å². The van der Waals surface area contributed by atoms with Gasteiger partial charge in [0, 0.05) is 42.4 Å². The SMILES string of the molecule is COc1cc(C(=O)N2CCNCC2c2cccc(Cl)c2)ccc1[N+](=O)[O-].Cl. The molecule has 27 heavy (non-hydrogen) atoms. The number of piperazine rings is 1. The Kier molecular flexibility index (Phi) is 7.01. The zero-order valence-electron chi connectivity index (χ0n) is 14.6. The molecular weight excluding hydrogens is 393 g/mol. The van der Waals surface area contributed by atoms with E-state index in [1.54, 1.807) is 11.0 Å². The zero-order chi connectivity index (χ0) is 18.7. The van der Waals surface area contributed by atoms with Gasteiger partial charge in [0.05, 0.1) is 18.1 Å². The largest absolute Gasteiger partial charge is 0.490 e. The first kappa shape index (κ1) is 21.0. The highest BCUT2D eigenvalue weighted by Gasteiger charge is 2.29. The molecule has 1 N–H and O–H groups in total. The number of ether oxygens (including phenoxy) is 1. The molecule has 9 heteroatoms. The third-order valence-corrected chi connectivity index (χ3v) is 4.60. The molecule has 1 heterocycles. The van der Waals surface area contributed by atoms with Gasteiger partial charge in [0.1, 0.15) is 0 Å². The lowest BCUT2D eigenvalue weighted by molar-refractivity contribution is -0.385. The van der Waals surface area contributed by atoms with Crippen LogP contribution in [0.25, 0.3) is 0 Å². The Balaban J connectivity index is 0.00000261. The maximum absolute atomic E-state index is 13.1. The van der Waals surface area contributed by atoms with Crippen LogP contribution in [-0.4, -0.2) is 42.5 Å². The molecule has 0 radical (unpaired) electrons. The van der Waals surface area contributed by atoms with E-state index >= 15 is 0 Å². The van der Waals surface area contributed by atoms with Crippen LogP contribution in [0.15, 0.2) is 42.5 Å². The van der Waals surface area contributed by atoms with Crippen LogP contribution in [0.4, 0.5) is 5.69 Å². The third kappa shape index (κ3) is 4.50. The highest BCUT2D eigenvalue weighted by atomic mass is 35.5. The van der Waals surface area contributed by atoms with Gasteiger partial charge in [-0.1, -0.05) is 23.7 Å². The first-order valence-corrected chi connectivity index (χ1v) is 8.48. The topological polar surface area (TPSA) is 84.7 Å². The van der Waals surface area contributed by atoms with Crippen LogP contribution >= 0.6 is 24.0 Å². The molecule has 0 saturated carbocycles. The van der Waals surface area contributed by atoms with Crippen LogP contribution in [0.5, 0.6) is 5.75 Å². The second-order valence-electron chi connectivity index (χ2n) is 5.92. The van der Waals surface area contributed by atoms with E-state index in [1.165, 1.54) is 25.3 Å². The van der Waals surface area contributed by atoms with Crippen molar-refractivity contribution < 1.29 is 14.5 Å². The number of methoxy groups -OCH3 is 1. The summed E-state index contributed by atoms with van der Waals surface area (Å²) in [7, 11) is 1.34. The molecule has 3 rings (SSSR count). The number of hydrogen-bond acceptors (Lipinski definition) is 5. The summed E-state index contributed by atoms with van der Waals surface area (Å²) < 4.78 is 5.07. The molecule has 1 amide bonds. The minimum Gasteiger partial charge on any atom is -0.490 e. The summed E-state index contributed by atoms with van der Waals surface area (Å²) in [6, 6.07) is 11.4. The maximum Gasteiger partial charge on any atom is 0.310 e. The lowest BCUT2D eigenvalue weighted by Gasteiger charge is -2.36. The molecular formula is C18H19Cl2N3O4. The van der Waals surface area contributed by atoms with E-state index in [1.807, 2.05) is 18.2 Å². The molecule has 1 fully saturated rings. The van der Waals surface area contributed by atoms with E-state index in [0.29, 0.717) is 30.2 Å². The standard InChI is InChI=1S/C18H18ClN3O4.ClH/c1-26-17-10-13(5-6-15(17)22(24)25)18(23)21-8-7-20-11-16(21)12-3-2-4-14(19)9-12;/h2-6,9-10,16,20H,7-8,11H2,1H3;1H. The van der Waals surface area contributed by atoms with E-state index in [9.17, 15) is 14.9 Å². The zero-order valence-corrected chi connectivity index (χ0v) is 16.1. The molecule has 0 aliphatic carbocycles.